The first kappa shape index (κ1) is 24.0. The second-order valence-electron chi connectivity index (χ2n) is 11.1. The minimum atomic E-state index is -3.28. The molecule has 2 N–H and O–H groups in total. The first-order chi connectivity index (χ1) is 16.6. The summed E-state index contributed by atoms with van der Waals surface area (Å²) in [5, 5.41) is 10.6. The number of anilines is 2. The molecule has 0 radical (unpaired) electrons. The standard InChI is InChI=1S/C27H33FN4O2S/c1-27(2,3)21-12-20(14-29-15-21)18-6-7-19(11-18)24-13-25(32-31-24)30-23-9-8-17-5-4-10-35(33,34)16-22(17)26(23)28/h8-9,12-15,18-19H,4-7,10-11,16H2,1-3H3,(H2,30,31,32). The summed E-state index contributed by atoms with van der Waals surface area (Å²) in [7, 11) is -3.28. The lowest BCUT2D eigenvalue weighted by molar-refractivity contribution is 0.583. The van der Waals surface area contributed by atoms with E-state index in [0.29, 0.717) is 30.5 Å². The van der Waals surface area contributed by atoms with Crippen LogP contribution in [0.15, 0.2) is 36.7 Å². The van der Waals surface area contributed by atoms with Gasteiger partial charge in [-0.1, -0.05) is 32.9 Å². The van der Waals surface area contributed by atoms with E-state index in [1.807, 2.05) is 24.5 Å². The van der Waals surface area contributed by atoms with Gasteiger partial charge in [-0.15, -0.1) is 0 Å². The maximum absolute atomic E-state index is 15.3. The van der Waals surface area contributed by atoms with E-state index in [4.69, 9.17) is 0 Å². The molecule has 8 heteroatoms. The minimum absolute atomic E-state index is 0.0697. The number of sulfone groups is 1. The van der Waals surface area contributed by atoms with Crippen LogP contribution in [0.5, 0.6) is 0 Å². The summed E-state index contributed by atoms with van der Waals surface area (Å²) in [6.07, 6.45) is 8.22. The number of nitrogens with zero attached hydrogens (tertiary/aromatic N) is 2. The number of nitrogens with one attached hydrogen (secondary N) is 2. The molecule has 6 nitrogen and oxygen atoms in total. The van der Waals surface area contributed by atoms with Crippen LogP contribution in [0.25, 0.3) is 0 Å². The van der Waals surface area contributed by atoms with Crippen molar-refractivity contribution in [1.29, 1.82) is 0 Å². The monoisotopic (exact) mass is 496 g/mol. The van der Waals surface area contributed by atoms with Gasteiger partial charge in [0.15, 0.2) is 21.5 Å². The third-order valence-electron chi connectivity index (χ3n) is 7.44. The number of benzene rings is 1. The molecule has 1 aliphatic carbocycles. The Morgan fingerprint density at radius 1 is 1.11 bits per heavy atom. The molecule has 2 unspecified atom stereocenters. The van der Waals surface area contributed by atoms with Gasteiger partial charge in [0, 0.05) is 35.6 Å². The lowest BCUT2D eigenvalue weighted by atomic mass is 9.85. The first-order valence-corrected chi connectivity index (χ1v) is 14.2. The molecule has 3 aromatic rings. The summed E-state index contributed by atoms with van der Waals surface area (Å²) in [5.74, 6) is 0.706. The van der Waals surface area contributed by atoms with Gasteiger partial charge in [0.2, 0.25) is 0 Å². The SMILES string of the molecule is CC(C)(C)c1cncc(C2CCC(c3cc(Nc4ccc5c(c4F)CS(=O)(=O)CCC5)n[nH]3)C2)c1. The maximum atomic E-state index is 15.3. The number of hydrogen-bond acceptors (Lipinski definition) is 5. The topological polar surface area (TPSA) is 87.7 Å². The molecule has 2 aromatic heterocycles. The van der Waals surface area contributed by atoms with Crippen molar-refractivity contribution in [2.24, 2.45) is 0 Å². The van der Waals surface area contributed by atoms with E-state index in [-0.39, 0.29) is 28.2 Å². The molecule has 0 spiro atoms. The fraction of sp³-hybridized carbons (Fsp3) is 0.481. The largest absolute Gasteiger partial charge is 0.336 e. The number of aromatic amines is 1. The number of pyridine rings is 1. The van der Waals surface area contributed by atoms with Gasteiger partial charge in [-0.05, 0) is 66.2 Å². The smallest absolute Gasteiger partial charge is 0.154 e. The Morgan fingerprint density at radius 3 is 2.71 bits per heavy atom. The van der Waals surface area contributed by atoms with Crippen molar-refractivity contribution in [3.63, 3.8) is 0 Å². The van der Waals surface area contributed by atoms with E-state index in [2.05, 4.69) is 47.3 Å². The molecule has 0 saturated heterocycles. The van der Waals surface area contributed by atoms with Crippen molar-refractivity contribution >= 4 is 21.3 Å². The molecular weight excluding hydrogens is 463 g/mol. The van der Waals surface area contributed by atoms with Crippen LogP contribution in [0, 0.1) is 5.82 Å². The Bertz CT molecular complexity index is 1340. The van der Waals surface area contributed by atoms with Crippen LogP contribution in [0.2, 0.25) is 0 Å². The van der Waals surface area contributed by atoms with Gasteiger partial charge in [0.25, 0.3) is 0 Å². The molecule has 5 rings (SSSR count). The summed E-state index contributed by atoms with van der Waals surface area (Å²) in [6.45, 7) is 6.61. The summed E-state index contributed by atoms with van der Waals surface area (Å²) < 4.78 is 39.6. The Labute approximate surface area is 206 Å². The zero-order valence-corrected chi connectivity index (χ0v) is 21.4. The Balaban J connectivity index is 1.30. The van der Waals surface area contributed by atoms with Gasteiger partial charge in [0.05, 0.1) is 17.2 Å². The highest BCUT2D eigenvalue weighted by molar-refractivity contribution is 7.90. The van der Waals surface area contributed by atoms with Crippen LogP contribution in [0.1, 0.15) is 86.2 Å². The second-order valence-corrected chi connectivity index (χ2v) is 13.2. The Morgan fingerprint density at radius 2 is 1.91 bits per heavy atom. The number of aromatic nitrogens is 3. The molecule has 186 valence electrons. The lowest BCUT2D eigenvalue weighted by Gasteiger charge is -2.20. The van der Waals surface area contributed by atoms with E-state index in [1.54, 1.807) is 6.07 Å². The van der Waals surface area contributed by atoms with Gasteiger partial charge in [-0.2, -0.15) is 5.10 Å². The average molecular weight is 497 g/mol. The third-order valence-corrected chi connectivity index (χ3v) is 9.07. The molecule has 1 aliphatic heterocycles. The van der Waals surface area contributed by atoms with E-state index >= 15 is 4.39 Å². The van der Waals surface area contributed by atoms with Crippen molar-refractivity contribution in [3.05, 3.63) is 70.4 Å². The zero-order chi connectivity index (χ0) is 24.8. The predicted octanol–water partition coefficient (Wildman–Crippen LogP) is 5.90. The second kappa shape index (κ2) is 9.04. The average Bonchev–Trinajstić information content (AvgIpc) is 3.44. The van der Waals surface area contributed by atoms with E-state index in [1.165, 1.54) is 11.1 Å². The first-order valence-electron chi connectivity index (χ1n) is 12.4. The van der Waals surface area contributed by atoms with Crippen molar-refractivity contribution in [2.45, 2.75) is 75.9 Å². The van der Waals surface area contributed by atoms with Crippen molar-refractivity contribution in [1.82, 2.24) is 15.2 Å². The molecule has 1 fully saturated rings. The van der Waals surface area contributed by atoms with Crippen LogP contribution in [0.4, 0.5) is 15.9 Å². The van der Waals surface area contributed by atoms with Crippen LogP contribution in [-0.4, -0.2) is 29.4 Å². The molecule has 3 heterocycles. The summed E-state index contributed by atoms with van der Waals surface area (Å²) in [6, 6.07) is 7.75. The van der Waals surface area contributed by atoms with Gasteiger partial charge < -0.3 is 5.32 Å². The number of fused-ring (bicyclic) bond motifs is 1. The number of rotatable bonds is 4. The molecule has 0 amide bonds. The molecule has 35 heavy (non-hydrogen) atoms. The highest BCUT2D eigenvalue weighted by Crippen LogP contribution is 2.44. The molecular formula is C27H33FN4O2S. The predicted molar refractivity (Wildman–Crippen MR) is 136 cm³/mol. The Hall–Kier alpha value is -2.74. The quantitative estimate of drug-likeness (QED) is 0.470. The van der Waals surface area contributed by atoms with Crippen LogP contribution < -0.4 is 5.32 Å². The summed E-state index contributed by atoms with van der Waals surface area (Å²) >= 11 is 0. The number of halogens is 1. The highest BCUT2D eigenvalue weighted by atomic mass is 32.2. The molecule has 0 bridgehead atoms. The maximum Gasteiger partial charge on any atom is 0.154 e. The third kappa shape index (κ3) is 5.13. The van der Waals surface area contributed by atoms with E-state index in [0.717, 1.165) is 30.5 Å². The number of H-pyrrole nitrogens is 1. The van der Waals surface area contributed by atoms with Crippen LogP contribution in [-0.2, 0) is 27.4 Å². The lowest BCUT2D eigenvalue weighted by Crippen LogP contribution is -2.12. The van der Waals surface area contributed by atoms with Crippen LogP contribution >= 0.6 is 0 Å². The van der Waals surface area contributed by atoms with Gasteiger partial charge in [0.1, 0.15) is 0 Å². The molecule has 1 saturated carbocycles. The van der Waals surface area contributed by atoms with Crippen LogP contribution in [0.3, 0.4) is 0 Å². The van der Waals surface area contributed by atoms with Gasteiger partial charge >= 0.3 is 0 Å². The molecule has 2 aliphatic rings. The zero-order valence-electron chi connectivity index (χ0n) is 20.6. The highest BCUT2D eigenvalue weighted by Gasteiger charge is 2.30. The van der Waals surface area contributed by atoms with E-state index in [9.17, 15) is 8.42 Å². The normalized spacial score (nSPS) is 21.9. The van der Waals surface area contributed by atoms with Crippen molar-refractivity contribution in [3.8, 4) is 0 Å². The summed E-state index contributed by atoms with van der Waals surface area (Å²) in [5.41, 5.74) is 4.97. The van der Waals surface area contributed by atoms with Crippen molar-refractivity contribution in [2.75, 3.05) is 11.1 Å². The Kier molecular flexibility index (Phi) is 6.20. The van der Waals surface area contributed by atoms with E-state index < -0.39 is 15.7 Å². The number of hydrogen-bond donors (Lipinski definition) is 2. The molecule has 1 aromatic carbocycles. The van der Waals surface area contributed by atoms with Gasteiger partial charge in [-0.25, -0.2) is 12.8 Å². The summed E-state index contributed by atoms with van der Waals surface area (Å²) in [4.78, 5) is 4.49. The fourth-order valence-corrected chi connectivity index (χ4v) is 6.81. The molecule has 2 atom stereocenters. The minimum Gasteiger partial charge on any atom is -0.336 e. The fourth-order valence-electron chi connectivity index (χ4n) is 5.33. The van der Waals surface area contributed by atoms with Gasteiger partial charge in [-0.3, -0.25) is 10.1 Å². The van der Waals surface area contributed by atoms with Crippen molar-refractivity contribution < 1.29 is 12.8 Å². The number of aryl methyl sites for hydroxylation is 1.